The first-order valence-electron chi connectivity index (χ1n) is 7.69. The van der Waals surface area contributed by atoms with Gasteiger partial charge in [-0.3, -0.25) is 4.79 Å². The Kier molecular flexibility index (Phi) is 5.40. The zero-order valence-corrected chi connectivity index (χ0v) is 14.4. The normalized spacial score (nSPS) is 10.5. The Morgan fingerprint density at radius 1 is 1.12 bits per heavy atom. The third-order valence-corrected chi connectivity index (χ3v) is 4.39. The van der Waals surface area contributed by atoms with E-state index in [1.807, 2.05) is 31.2 Å². The number of nitrogens with one attached hydrogen (secondary N) is 1. The number of thioether (sulfide) groups is 1. The number of carbonyl (C=O) groups excluding carboxylic acids is 1. The molecule has 4 nitrogen and oxygen atoms in total. The van der Waals surface area contributed by atoms with Crippen LogP contribution in [0.3, 0.4) is 0 Å². The largest absolute Gasteiger partial charge is 0.325 e. The molecule has 0 radical (unpaired) electrons. The molecule has 0 aliphatic carbocycles. The van der Waals surface area contributed by atoms with Crippen molar-refractivity contribution in [1.82, 2.24) is 9.97 Å². The lowest BCUT2D eigenvalue weighted by atomic mass is 10.1. The summed E-state index contributed by atoms with van der Waals surface area (Å²) in [6, 6.07) is 15.5. The standard InChI is InChI=1S/C19H16FN3OS/c1-13-4-2-3-5-16(13)22-18(24)12-25-19-21-11-10-17(23-19)14-6-8-15(20)9-7-14/h2-11H,12H2,1H3,(H,22,24). The van der Waals surface area contributed by atoms with Crippen LogP contribution in [0.2, 0.25) is 0 Å². The second-order valence-electron chi connectivity index (χ2n) is 5.38. The Bertz CT molecular complexity index is 884. The number of aryl methyl sites for hydroxylation is 1. The Morgan fingerprint density at radius 2 is 1.88 bits per heavy atom. The van der Waals surface area contributed by atoms with Gasteiger partial charge in [-0.25, -0.2) is 14.4 Å². The van der Waals surface area contributed by atoms with Crippen LogP contribution in [0.15, 0.2) is 66.0 Å². The molecule has 3 rings (SSSR count). The molecule has 0 unspecified atom stereocenters. The monoisotopic (exact) mass is 353 g/mol. The zero-order chi connectivity index (χ0) is 17.6. The fourth-order valence-corrected chi connectivity index (χ4v) is 2.85. The molecule has 2 aromatic carbocycles. The number of halogens is 1. The molecule has 1 heterocycles. The van der Waals surface area contributed by atoms with Crippen molar-refractivity contribution in [2.75, 3.05) is 11.1 Å². The summed E-state index contributed by atoms with van der Waals surface area (Å²) in [5, 5.41) is 3.38. The number of benzene rings is 2. The summed E-state index contributed by atoms with van der Waals surface area (Å²) in [5.41, 5.74) is 3.30. The van der Waals surface area contributed by atoms with E-state index in [1.165, 1.54) is 23.9 Å². The van der Waals surface area contributed by atoms with Crippen LogP contribution in [-0.2, 0) is 4.79 Å². The minimum absolute atomic E-state index is 0.116. The summed E-state index contributed by atoms with van der Waals surface area (Å²) < 4.78 is 13.0. The smallest absolute Gasteiger partial charge is 0.234 e. The van der Waals surface area contributed by atoms with Crippen LogP contribution in [0.1, 0.15) is 5.56 Å². The topological polar surface area (TPSA) is 54.9 Å². The van der Waals surface area contributed by atoms with Crippen LogP contribution < -0.4 is 5.32 Å². The van der Waals surface area contributed by atoms with E-state index in [0.717, 1.165) is 16.8 Å². The molecule has 1 aromatic heterocycles. The number of aromatic nitrogens is 2. The molecular formula is C19H16FN3OS. The number of hydrogen-bond donors (Lipinski definition) is 1. The van der Waals surface area contributed by atoms with Gasteiger partial charge >= 0.3 is 0 Å². The number of amides is 1. The molecule has 0 aliphatic rings. The van der Waals surface area contributed by atoms with Crippen molar-refractivity contribution >= 4 is 23.4 Å². The summed E-state index contributed by atoms with van der Waals surface area (Å²) in [6.45, 7) is 1.94. The second-order valence-corrected chi connectivity index (χ2v) is 6.33. The van der Waals surface area contributed by atoms with E-state index >= 15 is 0 Å². The summed E-state index contributed by atoms with van der Waals surface area (Å²) in [7, 11) is 0. The molecule has 126 valence electrons. The van der Waals surface area contributed by atoms with Gasteiger partial charge in [0.2, 0.25) is 5.91 Å². The molecule has 0 spiro atoms. The van der Waals surface area contributed by atoms with Crippen LogP contribution in [0, 0.1) is 12.7 Å². The molecule has 0 bridgehead atoms. The SMILES string of the molecule is Cc1ccccc1NC(=O)CSc1nccc(-c2ccc(F)cc2)n1. The van der Waals surface area contributed by atoms with E-state index < -0.39 is 0 Å². The summed E-state index contributed by atoms with van der Waals surface area (Å²) in [5.74, 6) is -0.198. The molecule has 0 atom stereocenters. The van der Waals surface area contributed by atoms with E-state index in [9.17, 15) is 9.18 Å². The van der Waals surface area contributed by atoms with Gasteiger partial charge in [0.05, 0.1) is 11.4 Å². The molecule has 3 aromatic rings. The Labute approximate surface area is 149 Å². The van der Waals surface area contributed by atoms with Crippen molar-refractivity contribution in [1.29, 1.82) is 0 Å². The average molecular weight is 353 g/mol. The molecule has 0 saturated carbocycles. The lowest BCUT2D eigenvalue weighted by Crippen LogP contribution is -2.15. The van der Waals surface area contributed by atoms with Crippen LogP contribution in [0.4, 0.5) is 10.1 Å². The molecular weight excluding hydrogens is 337 g/mol. The first kappa shape index (κ1) is 17.1. The van der Waals surface area contributed by atoms with Crippen LogP contribution in [0.25, 0.3) is 11.3 Å². The maximum atomic E-state index is 13.0. The van der Waals surface area contributed by atoms with Gasteiger partial charge in [-0.05, 0) is 48.9 Å². The van der Waals surface area contributed by atoms with Crippen molar-refractivity contribution in [2.45, 2.75) is 12.1 Å². The Balaban J connectivity index is 1.63. The lowest BCUT2D eigenvalue weighted by molar-refractivity contribution is -0.113. The van der Waals surface area contributed by atoms with Gasteiger partial charge in [0.1, 0.15) is 5.82 Å². The van der Waals surface area contributed by atoms with E-state index in [2.05, 4.69) is 15.3 Å². The zero-order valence-electron chi connectivity index (χ0n) is 13.6. The van der Waals surface area contributed by atoms with Gasteiger partial charge in [-0.2, -0.15) is 0 Å². The number of anilines is 1. The molecule has 0 fully saturated rings. The van der Waals surface area contributed by atoms with E-state index in [0.29, 0.717) is 10.9 Å². The van der Waals surface area contributed by atoms with Crippen molar-refractivity contribution in [2.24, 2.45) is 0 Å². The lowest BCUT2D eigenvalue weighted by Gasteiger charge is -2.08. The minimum Gasteiger partial charge on any atom is -0.325 e. The van der Waals surface area contributed by atoms with Crippen molar-refractivity contribution in [3.63, 3.8) is 0 Å². The van der Waals surface area contributed by atoms with Gasteiger partial charge in [0, 0.05) is 17.4 Å². The van der Waals surface area contributed by atoms with Crippen LogP contribution >= 0.6 is 11.8 Å². The first-order valence-corrected chi connectivity index (χ1v) is 8.67. The Hall–Kier alpha value is -2.73. The van der Waals surface area contributed by atoms with Gasteiger partial charge in [0.25, 0.3) is 0 Å². The minimum atomic E-state index is -0.291. The predicted octanol–water partition coefficient (Wildman–Crippen LogP) is 4.32. The molecule has 0 aliphatic heterocycles. The molecule has 25 heavy (non-hydrogen) atoms. The van der Waals surface area contributed by atoms with E-state index in [-0.39, 0.29) is 17.5 Å². The quantitative estimate of drug-likeness (QED) is 0.548. The molecule has 1 amide bonds. The fraction of sp³-hybridized carbons (Fsp3) is 0.105. The first-order chi connectivity index (χ1) is 12.1. The van der Waals surface area contributed by atoms with Gasteiger partial charge in [-0.1, -0.05) is 30.0 Å². The highest BCUT2D eigenvalue weighted by Gasteiger charge is 2.08. The number of hydrogen-bond acceptors (Lipinski definition) is 4. The second kappa shape index (κ2) is 7.90. The van der Waals surface area contributed by atoms with Crippen molar-refractivity contribution in [3.8, 4) is 11.3 Å². The van der Waals surface area contributed by atoms with Crippen LogP contribution in [-0.4, -0.2) is 21.6 Å². The molecule has 0 saturated heterocycles. The fourth-order valence-electron chi connectivity index (χ4n) is 2.22. The average Bonchev–Trinajstić information content (AvgIpc) is 2.63. The van der Waals surface area contributed by atoms with Gasteiger partial charge in [0.15, 0.2) is 5.16 Å². The van der Waals surface area contributed by atoms with Crippen LogP contribution in [0.5, 0.6) is 0 Å². The summed E-state index contributed by atoms with van der Waals surface area (Å²) >= 11 is 1.26. The number of nitrogens with zero attached hydrogens (tertiary/aromatic N) is 2. The summed E-state index contributed by atoms with van der Waals surface area (Å²) in [6.07, 6.45) is 1.63. The summed E-state index contributed by atoms with van der Waals surface area (Å²) in [4.78, 5) is 20.7. The maximum Gasteiger partial charge on any atom is 0.234 e. The maximum absolute atomic E-state index is 13.0. The highest BCUT2D eigenvalue weighted by molar-refractivity contribution is 7.99. The third kappa shape index (κ3) is 4.64. The van der Waals surface area contributed by atoms with Gasteiger partial charge in [-0.15, -0.1) is 0 Å². The number of para-hydroxylation sites is 1. The molecule has 6 heteroatoms. The number of carbonyl (C=O) groups is 1. The highest BCUT2D eigenvalue weighted by Crippen LogP contribution is 2.21. The highest BCUT2D eigenvalue weighted by atomic mass is 32.2. The van der Waals surface area contributed by atoms with E-state index in [4.69, 9.17) is 0 Å². The number of rotatable bonds is 5. The van der Waals surface area contributed by atoms with E-state index in [1.54, 1.807) is 24.4 Å². The Morgan fingerprint density at radius 3 is 2.64 bits per heavy atom. The van der Waals surface area contributed by atoms with Gasteiger partial charge < -0.3 is 5.32 Å². The third-order valence-electron chi connectivity index (χ3n) is 3.52. The predicted molar refractivity (Wildman–Crippen MR) is 98.0 cm³/mol. The molecule has 1 N–H and O–H groups in total. The van der Waals surface area contributed by atoms with Crippen molar-refractivity contribution in [3.05, 3.63) is 72.2 Å². The van der Waals surface area contributed by atoms with Crippen molar-refractivity contribution < 1.29 is 9.18 Å².